The maximum Gasteiger partial charge on any atom is 0.309 e. The van der Waals surface area contributed by atoms with Crippen molar-refractivity contribution in [3.05, 3.63) is 0 Å². The van der Waals surface area contributed by atoms with Gasteiger partial charge in [0.15, 0.2) is 6.61 Å². The summed E-state index contributed by atoms with van der Waals surface area (Å²) >= 11 is 0. The minimum Gasteiger partial charge on any atom is -0.455 e. The fraction of sp³-hybridized carbons (Fsp3) is 0.750. The molecule has 1 aliphatic carbocycles. The lowest BCUT2D eigenvalue weighted by Crippen LogP contribution is -2.33. The Balaban J connectivity index is 2.09. The Morgan fingerprint density at radius 1 is 1.17 bits per heavy atom. The zero-order chi connectivity index (χ0) is 13.4. The molecule has 0 bridgehead atoms. The van der Waals surface area contributed by atoms with E-state index in [0.29, 0.717) is 0 Å². The SMILES string of the molecule is CNC(=O)CCNC(=O)COC(=O)C1CCCC1. The third-order valence-electron chi connectivity index (χ3n) is 2.99. The number of carbonyl (C=O) groups is 3. The molecule has 6 nitrogen and oxygen atoms in total. The first-order valence-corrected chi connectivity index (χ1v) is 6.27. The number of amides is 2. The Bertz CT molecular complexity index is 311. The van der Waals surface area contributed by atoms with Crippen LogP contribution in [0.2, 0.25) is 0 Å². The molecule has 1 saturated carbocycles. The lowest BCUT2D eigenvalue weighted by molar-refractivity contribution is -0.152. The van der Waals surface area contributed by atoms with Gasteiger partial charge in [0.05, 0.1) is 5.92 Å². The van der Waals surface area contributed by atoms with E-state index in [-0.39, 0.29) is 43.3 Å². The van der Waals surface area contributed by atoms with Crippen molar-refractivity contribution in [2.75, 3.05) is 20.2 Å². The predicted molar refractivity (Wildman–Crippen MR) is 64.6 cm³/mol. The summed E-state index contributed by atoms with van der Waals surface area (Å²) in [4.78, 5) is 33.7. The fourth-order valence-electron chi connectivity index (χ4n) is 1.91. The summed E-state index contributed by atoms with van der Waals surface area (Å²) in [6.07, 6.45) is 4.04. The van der Waals surface area contributed by atoms with E-state index in [4.69, 9.17) is 4.74 Å². The highest BCUT2D eigenvalue weighted by Crippen LogP contribution is 2.25. The summed E-state index contributed by atoms with van der Waals surface area (Å²) in [6, 6.07) is 0. The van der Waals surface area contributed by atoms with Gasteiger partial charge in [-0.15, -0.1) is 0 Å². The summed E-state index contributed by atoms with van der Waals surface area (Å²) < 4.78 is 4.92. The zero-order valence-electron chi connectivity index (χ0n) is 10.7. The Kier molecular flexibility index (Phi) is 6.18. The zero-order valence-corrected chi connectivity index (χ0v) is 10.7. The first-order chi connectivity index (χ1) is 8.63. The van der Waals surface area contributed by atoms with Gasteiger partial charge in [0.25, 0.3) is 5.91 Å². The monoisotopic (exact) mass is 256 g/mol. The molecule has 2 amide bonds. The largest absolute Gasteiger partial charge is 0.455 e. The molecule has 0 spiro atoms. The summed E-state index contributed by atoms with van der Waals surface area (Å²) in [5, 5.41) is 4.97. The molecule has 0 unspecified atom stereocenters. The van der Waals surface area contributed by atoms with E-state index in [0.717, 1.165) is 25.7 Å². The molecule has 1 fully saturated rings. The van der Waals surface area contributed by atoms with Crippen molar-refractivity contribution in [2.24, 2.45) is 5.92 Å². The lowest BCUT2D eigenvalue weighted by atomic mass is 10.1. The molecule has 102 valence electrons. The van der Waals surface area contributed by atoms with E-state index in [9.17, 15) is 14.4 Å². The molecule has 1 rings (SSSR count). The third kappa shape index (κ3) is 5.16. The maximum atomic E-state index is 11.5. The standard InChI is InChI=1S/C12H20N2O4/c1-13-10(15)6-7-14-11(16)8-18-12(17)9-4-2-3-5-9/h9H,2-8H2,1H3,(H,13,15)(H,14,16). The van der Waals surface area contributed by atoms with E-state index in [1.54, 1.807) is 0 Å². The number of hydrogen-bond donors (Lipinski definition) is 2. The van der Waals surface area contributed by atoms with Crippen LogP contribution in [0.25, 0.3) is 0 Å². The molecule has 0 aromatic heterocycles. The fourth-order valence-corrected chi connectivity index (χ4v) is 1.91. The molecule has 2 N–H and O–H groups in total. The van der Waals surface area contributed by atoms with Crippen molar-refractivity contribution in [1.82, 2.24) is 10.6 Å². The van der Waals surface area contributed by atoms with Gasteiger partial charge in [-0.3, -0.25) is 14.4 Å². The Morgan fingerprint density at radius 2 is 1.83 bits per heavy atom. The maximum absolute atomic E-state index is 11.5. The van der Waals surface area contributed by atoms with Crippen LogP contribution in [0.4, 0.5) is 0 Å². The number of nitrogens with one attached hydrogen (secondary N) is 2. The van der Waals surface area contributed by atoms with Crippen molar-refractivity contribution in [2.45, 2.75) is 32.1 Å². The van der Waals surface area contributed by atoms with Gasteiger partial charge in [0.1, 0.15) is 0 Å². The lowest BCUT2D eigenvalue weighted by Gasteiger charge is -2.09. The molecule has 0 atom stereocenters. The molecule has 0 saturated heterocycles. The molecule has 0 heterocycles. The first kappa shape index (κ1) is 14.5. The van der Waals surface area contributed by atoms with Gasteiger partial charge in [-0.25, -0.2) is 0 Å². The minimum atomic E-state index is -0.370. The molecular weight excluding hydrogens is 236 g/mol. The highest BCUT2D eigenvalue weighted by Gasteiger charge is 2.24. The molecule has 0 radical (unpaired) electrons. The van der Waals surface area contributed by atoms with Gasteiger partial charge < -0.3 is 15.4 Å². The van der Waals surface area contributed by atoms with E-state index >= 15 is 0 Å². The van der Waals surface area contributed by atoms with Crippen LogP contribution in [0.3, 0.4) is 0 Å². The van der Waals surface area contributed by atoms with Gasteiger partial charge in [0.2, 0.25) is 5.91 Å². The smallest absolute Gasteiger partial charge is 0.309 e. The van der Waals surface area contributed by atoms with Gasteiger partial charge in [0, 0.05) is 20.0 Å². The number of hydrogen-bond acceptors (Lipinski definition) is 4. The minimum absolute atomic E-state index is 0.0383. The average molecular weight is 256 g/mol. The summed E-state index contributed by atoms with van der Waals surface area (Å²) in [5.74, 6) is -0.832. The Labute approximate surface area is 106 Å². The quantitative estimate of drug-likeness (QED) is 0.654. The Hall–Kier alpha value is -1.59. The molecular formula is C12H20N2O4. The number of esters is 1. The Morgan fingerprint density at radius 3 is 2.44 bits per heavy atom. The average Bonchev–Trinajstić information content (AvgIpc) is 2.89. The van der Waals surface area contributed by atoms with Crippen LogP contribution >= 0.6 is 0 Å². The van der Waals surface area contributed by atoms with Crippen molar-refractivity contribution < 1.29 is 19.1 Å². The number of ether oxygens (including phenoxy) is 1. The van der Waals surface area contributed by atoms with Gasteiger partial charge >= 0.3 is 5.97 Å². The van der Waals surface area contributed by atoms with E-state index in [1.807, 2.05) is 0 Å². The van der Waals surface area contributed by atoms with Crippen LogP contribution < -0.4 is 10.6 Å². The molecule has 0 aromatic carbocycles. The van der Waals surface area contributed by atoms with Crippen LogP contribution in [0.15, 0.2) is 0 Å². The first-order valence-electron chi connectivity index (χ1n) is 6.27. The summed E-state index contributed by atoms with van der Waals surface area (Å²) in [5.41, 5.74) is 0. The van der Waals surface area contributed by atoms with E-state index in [2.05, 4.69) is 10.6 Å². The van der Waals surface area contributed by atoms with E-state index in [1.165, 1.54) is 7.05 Å². The highest BCUT2D eigenvalue weighted by atomic mass is 16.5. The van der Waals surface area contributed by atoms with Crippen molar-refractivity contribution >= 4 is 17.8 Å². The van der Waals surface area contributed by atoms with Crippen LogP contribution in [-0.4, -0.2) is 38.0 Å². The van der Waals surface area contributed by atoms with Crippen LogP contribution in [0.1, 0.15) is 32.1 Å². The molecule has 6 heteroatoms. The van der Waals surface area contributed by atoms with Crippen LogP contribution in [-0.2, 0) is 19.1 Å². The molecule has 18 heavy (non-hydrogen) atoms. The topological polar surface area (TPSA) is 84.5 Å². The van der Waals surface area contributed by atoms with Crippen molar-refractivity contribution in [1.29, 1.82) is 0 Å². The second-order valence-corrected chi connectivity index (χ2v) is 4.36. The highest BCUT2D eigenvalue weighted by molar-refractivity contribution is 5.82. The van der Waals surface area contributed by atoms with Gasteiger partial charge in [-0.05, 0) is 12.8 Å². The second kappa shape index (κ2) is 7.68. The van der Waals surface area contributed by atoms with Gasteiger partial charge in [-0.2, -0.15) is 0 Å². The van der Waals surface area contributed by atoms with Crippen LogP contribution in [0, 0.1) is 5.92 Å². The second-order valence-electron chi connectivity index (χ2n) is 4.36. The third-order valence-corrected chi connectivity index (χ3v) is 2.99. The summed E-state index contributed by atoms with van der Waals surface area (Å²) in [6.45, 7) is -0.0113. The number of carbonyl (C=O) groups excluding carboxylic acids is 3. The van der Waals surface area contributed by atoms with Crippen molar-refractivity contribution in [3.63, 3.8) is 0 Å². The summed E-state index contributed by atoms with van der Waals surface area (Å²) in [7, 11) is 1.54. The molecule has 0 aromatic rings. The number of rotatable bonds is 6. The normalized spacial score (nSPS) is 15.2. The van der Waals surface area contributed by atoms with E-state index < -0.39 is 0 Å². The molecule has 0 aliphatic heterocycles. The predicted octanol–water partition coefficient (Wildman–Crippen LogP) is -0.0279. The van der Waals surface area contributed by atoms with Crippen molar-refractivity contribution in [3.8, 4) is 0 Å². The molecule has 1 aliphatic rings. The van der Waals surface area contributed by atoms with Crippen LogP contribution in [0.5, 0.6) is 0 Å². The van der Waals surface area contributed by atoms with Gasteiger partial charge in [-0.1, -0.05) is 12.8 Å².